The molecule has 6 nitrogen and oxygen atoms in total. The van der Waals surface area contributed by atoms with E-state index in [1.807, 2.05) is 10.9 Å². The first-order valence-electron chi connectivity index (χ1n) is 7.65. The first-order chi connectivity index (χ1) is 10.0. The van der Waals surface area contributed by atoms with Gasteiger partial charge < -0.3 is 0 Å². The Labute approximate surface area is 125 Å². The molecule has 0 aromatic carbocycles. The summed E-state index contributed by atoms with van der Waals surface area (Å²) in [5.41, 5.74) is 1.22. The average molecular weight is 288 g/mol. The lowest BCUT2D eigenvalue weighted by Gasteiger charge is -2.32. The number of aromatic nitrogens is 5. The first kappa shape index (κ1) is 14.3. The first-order valence-corrected chi connectivity index (χ1v) is 7.65. The fourth-order valence-electron chi connectivity index (χ4n) is 3.08. The third-order valence-electron chi connectivity index (χ3n) is 4.09. The number of H-pyrrole nitrogens is 1. The molecule has 0 amide bonds. The van der Waals surface area contributed by atoms with Gasteiger partial charge in [0.2, 0.25) is 0 Å². The summed E-state index contributed by atoms with van der Waals surface area (Å²) in [6, 6.07) is 2.09. The highest BCUT2D eigenvalue weighted by molar-refractivity contribution is 5.07. The summed E-state index contributed by atoms with van der Waals surface area (Å²) in [7, 11) is 0. The van der Waals surface area contributed by atoms with Crippen LogP contribution in [0.15, 0.2) is 18.6 Å². The largest absolute Gasteiger partial charge is 0.295 e. The molecule has 1 aliphatic rings. The Balaban J connectivity index is 1.69. The van der Waals surface area contributed by atoms with Crippen molar-refractivity contribution in [3.05, 3.63) is 30.1 Å². The van der Waals surface area contributed by atoms with E-state index in [1.165, 1.54) is 18.5 Å². The number of hydrogen-bond acceptors (Lipinski definition) is 4. The molecule has 6 heteroatoms. The summed E-state index contributed by atoms with van der Waals surface area (Å²) in [6.45, 7) is 9.53. The highest BCUT2D eigenvalue weighted by Crippen LogP contribution is 2.26. The Morgan fingerprint density at radius 3 is 2.95 bits per heavy atom. The standard InChI is InChI=1S/C15H24N6/c1-15(2,3)21-14(16-11-18-21)10-20-8-4-5-12(9-20)13-6-7-17-19-13/h6-7,11-12H,4-5,8-10H2,1-3H3,(H,17,19)/t12-/m1/s1. The van der Waals surface area contributed by atoms with E-state index in [2.05, 4.69) is 52.0 Å². The maximum atomic E-state index is 4.45. The van der Waals surface area contributed by atoms with Gasteiger partial charge >= 0.3 is 0 Å². The predicted octanol–water partition coefficient (Wildman–Crippen LogP) is 2.14. The lowest BCUT2D eigenvalue weighted by Crippen LogP contribution is -2.36. The van der Waals surface area contributed by atoms with Crippen molar-refractivity contribution < 1.29 is 0 Å². The zero-order chi connectivity index (χ0) is 14.9. The molecule has 0 radical (unpaired) electrons. The van der Waals surface area contributed by atoms with Crippen molar-refractivity contribution in [2.24, 2.45) is 0 Å². The Hall–Kier alpha value is -1.69. The SMILES string of the molecule is CC(C)(C)n1ncnc1CN1CCC[C@@H](c2ccn[nH]2)C1. The minimum absolute atomic E-state index is 0.0234. The van der Waals surface area contributed by atoms with Crippen LogP contribution in [0.2, 0.25) is 0 Å². The van der Waals surface area contributed by atoms with E-state index in [1.54, 1.807) is 6.33 Å². The highest BCUT2D eigenvalue weighted by atomic mass is 15.4. The number of likely N-dealkylation sites (tertiary alicyclic amines) is 1. The van der Waals surface area contributed by atoms with Gasteiger partial charge in [0.05, 0.1) is 12.1 Å². The highest BCUT2D eigenvalue weighted by Gasteiger charge is 2.25. The van der Waals surface area contributed by atoms with E-state index < -0.39 is 0 Å². The molecule has 2 aromatic rings. The summed E-state index contributed by atoms with van der Waals surface area (Å²) in [5.74, 6) is 1.60. The van der Waals surface area contributed by atoms with Crippen LogP contribution in [0, 0.1) is 0 Å². The second-order valence-corrected chi connectivity index (χ2v) is 6.85. The Morgan fingerprint density at radius 2 is 2.24 bits per heavy atom. The van der Waals surface area contributed by atoms with Gasteiger partial charge in [-0.05, 0) is 46.2 Å². The molecule has 21 heavy (non-hydrogen) atoms. The van der Waals surface area contributed by atoms with Crippen LogP contribution < -0.4 is 0 Å². The van der Waals surface area contributed by atoms with Gasteiger partial charge in [0.1, 0.15) is 12.2 Å². The molecule has 0 unspecified atom stereocenters. The minimum atomic E-state index is -0.0234. The number of hydrogen-bond donors (Lipinski definition) is 1. The van der Waals surface area contributed by atoms with Gasteiger partial charge in [-0.3, -0.25) is 10.00 Å². The average Bonchev–Trinajstić information content (AvgIpc) is 3.09. The van der Waals surface area contributed by atoms with Crippen LogP contribution in [0.5, 0.6) is 0 Å². The number of nitrogens with zero attached hydrogens (tertiary/aromatic N) is 5. The molecule has 1 saturated heterocycles. The Morgan fingerprint density at radius 1 is 1.38 bits per heavy atom. The van der Waals surface area contributed by atoms with Crippen molar-refractivity contribution in [2.75, 3.05) is 13.1 Å². The van der Waals surface area contributed by atoms with Gasteiger partial charge in [-0.25, -0.2) is 9.67 Å². The normalized spacial score (nSPS) is 20.8. The molecule has 0 spiro atoms. The summed E-state index contributed by atoms with van der Waals surface area (Å²) in [5, 5.41) is 11.6. The van der Waals surface area contributed by atoms with E-state index in [0.717, 1.165) is 25.5 Å². The zero-order valence-electron chi connectivity index (χ0n) is 13.1. The van der Waals surface area contributed by atoms with Crippen LogP contribution in [0.25, 0.3) is 0 Å². The summed E-state index contributed by atoms with van der Waals surface area (Å²) < 4.78 is 2.03. The van der Waals surface area contributed by atoms with Gasteiger partial charge in [-0.15, -0.1) is 0 Å². The maximum Gasteiger partial charge on any atom is 0.141 e. The van der Waals surface area contributed by atoms with Crippen molar-refractivity contribution >= 4 is 0 Å². The summed E-state index contributed by atoms with van der Waals surface area (Å²) >= 11 is 0. The second-order valence-electron chi connectivity index (χ2n) is 6.85. The lowest BCUT2D eigenvalue weighted by atomic mass is 9.95. The van der Waals surface area contributed by atoms with E-state index >= 15 is 0 Å². The van der Waals surface area contributed by atoms with Gasteiger partial charge in [0.15, 0.2) is 0 Å². The smallest absolute Gasteiger partial charge is 0.141 e. The fraction of sp³-hybridized carbons (Fsp3) is 0.667. The van der Waals surface area contributed by atoms with Crippen molar-refractivity contribution in [2.45, 2.75) is 51.6 Å². The monoisotopic (exact) mass is 288 g/mol. The van der Waals surface area contributed by atoms with Crippen molar-refractivity contribution in [1.29, 1.82) is 0 Å². The molecule has 1 N–H and O–H groups in total. The second kappa shape index (κ2) is 5.60. The van der Waals surface area contributed by atoms with E-state index in [0.29, 0.717) is 5.92 Å². The van der Waals surface area contributed by atoms with Crippen LogP contribution in [0.4, 0.5) is 0 Å². The molecule has 0 bridgehead atoms. The quantitative estimate of drug-likeness (QED) is 0.940. The molecular weight excluding hydrogens is 264 g/mol. The van der Waals surface area contributed by atoms with Gasteiger partial charge in [-0.2, -0.15) is 10.2 Å². The molecule has 0 aliphatic carbocycles. The topological polar surface area (TPSA) is 62.6 Å². The molecule has 1 atom stereocenters. The van der Waals surface area contributed by atoms with Crippen LogP contribution in [0.3, 0.4) is 0 Å². The Bertz CT molecular complexity index is 565. The van der Waals surface area contributed by atoms with Crippen molar-refractivity contribution in [3.63, 3.8) is 0 Å². The Kier molecular flexibility index (Phi) is 3.80. The van der Waals surface area contributed by atoms with E-state index in [4.69, 9.17) is 0 Å². The molecule has 2 aromatic heterocycles. The fourth-order valence-corrected chi connectivity index (χ4v) is 3.08. The van der Waals surface area contributed by atoms with Gasteiger partial charge in [0, 0.05) is 24.4 Å². The molecule has 3 rings (SSSR count). The minimum Gasteiger partial charge on any atom is -0.295 e. The molecule has 1 aliphatic heterocycles. The van der Waals surface area contributed by atoms with Crippen molar-refractivity contribution in [3.8, 4) is 0 Å². The number of aromatic amines is 1. The number of piperidine rings is 1. The van der Waals surface area contributed by atoms with Gasteiger partial charge in [0.25, 0.3) is 0 Å². The third-order valence-corrected chi connectivity index (χ3v) is 4.09. The molecule has 114 valence electrons. The maximum absolute atomic E-state index is 4.45. The molecular formula is C15H24N6. The molecule has 3 heterocycles. The van der Waals surface area contributed by atoms with E-state index in [-0.39, 0.29) is 5.54 Å². The van der Waals surface area contributed by atoms with Crippen LogP contribution in [0.1, 0.15) is 51.0 Å². The third kappa shape index (κ3) is 3.15. The molecule has 1 fully saturated rings. The van der Waals surface area contributed by atoms with Crippen LogP contribution >= 0.6 is 0 Å². The number of rotatable bonds is 3. The molecule has 0 saturated carbocycles. The van der Waals surface area contributed by atoms with Gasteiger partial charge in [-0.1, -0.05) is 0 Å². The van der Waals surface area contributed by atoms with E-state index in [9.17, 15) is 0 Å². The lowest BCUT2D eigenvalue weighted by molar-refractivity contribution is 0.185. The van der Waals surface area contributed by atoms with Crippen molar-refractivity contribution in [1.82, 2.24) is 29.9 Å². The zero-order valence-corrected chi connectivity index (χ0v) is 13.1. The number of nitrogens with one attached hydrogen (secondary N) is 1. The van der Waals surface area contributed by atoms with Crippen LogP contribution in [-0.4, -0.2) is 43.0 Å². The summed E-state index contributed by atoms with van der Waals surface area (Å²) in [6.07, 6.45) is 5.94. The van der Waals surface area contributed by atoms with Crippen LogP contribution in [-0.2, 0) is 12.1 Å². The summed E-state index contributed by atoms with van der Waals surface area (Å²) in [4.78, 5) is 6.93. The predicted molar refractivity (Wildman–Crippen MR) is 80.9 cm³/mol.